The summed E-state index contributed by atoms with van der Waals surface area (Å²) < 4.78 is 0. The van der Waals surface area contributed by atoms with Gasteiger partial charge in [0.1, 0.15) is 0 Å². The number of nitrogens with zero attached hydrogens (tertiary/aromatic N) is 1. The van der Waals surface area contributed by atoms with E-state index in [0.29, 0.717) is 12.6 Å². The molecule has 0 aromatic heterocycles. The molecule has 4 nitrogen and oxygen atoms in total. The van der Waals surface area contributed by atoms with E-state index < -0.39 is 0 Å². The standard InChI is InChI=1S/C15H25N3O/c1-3-5-13-14(6-4-2)18(11-15(19)17-13)12-7-9-16-10-8-12/h5-6,12,16H,3-4,7-11H2,1-2H3,(H,17,19)/b13-5+,14-6+. The van der Waals surface area contributed by atoms with Crippen LogP contribution in [0.1, 0.15) is 39.5 Å². The number of carbonyl (C=O) groups excluding carboxylic acids is 1. The highest BCUT2D eigenvalue weighted by Crippen LogP contribution is 2.25. The summed E-state index contributed by atoms with van der Waals surface area (Å²) in [6, 6.07) is 0.491. The maximum atomic E-state index is 11.9. The van der Waals surface area contributed by atoms with E-state index in [9.17, 15) is 4.79 Å². The van der Waals surface area contributed by atoms with E-state index in [1.165, 1.54) is 5.70 Å². The molecule has 2 rings (SSSR count). The number of carbonyl (C=O) groups is 1. The van der Waals surface area contributed by atoms with Crippen LogP contribution in [0.3, 0.4) is 0 Å². The topological polar surface area (TPSA) is 44.4 Å². The van der Waals surface area contributed by atoms with E-state index in [-0.39, 0.29) is 5.91 Å². The highest BCUT2D eigenvalue weighted by atomic mass is 16.2. The predicted octanol–water partition coefficient (Wildman–Crippen LogP) is 1.76. The van der Waals surface area contributed by atoms with Crippen LogP contribution in [0, 0.1) is 0 Å². The number of hydrogen-bond donors (Lipinski definition) is 2. The predicted molar refractivity (Wildman–Crippen MR) is 77.5 cm³/mol. The Morgan fingerprint density at radius 1 is 1.21 bits per heavy atom. The Morgan fingerprint density at radius 3 is 2.53 bits per heavy atom. The molecule has 2 heterocycles. The fraction of sp³-hybridized carbons (Fsp3) is 0.667. The first-order valence-corrected chi connectivity index (χ1v) is 7.44. The van der Waals surface area contributed by atoms with Crippen LogP contribution in [0.4, 0.5) is 0 Å². The monoisotopic (exact) mass is 263 g/mol. The van der Waals surface area contributed by atoms with Crippen molar-refractivity contribution in [2.75, 3.05) is 19.6 Å². The first kappa shape index (κ1) is 14.1. The zero-order valence-corrected chi connectivity index (χ0v) is 12.0. The molecule has 0 unspecified atom stereocenters. The summed E-state index contributed by atoms with van der Waals surface area (Å²) in [5.74, 6) is 0.117. The molecule has 2 aliphatic heterocycles. The van der Waals surface area contributed by atoms with Gasteiger partial charge in [-0.25, -0.2) is 0 Å². The molecule has 0 saturated carbocycles. The number of piperazine rings is 1. The minimum atomic E-state index is 0.117. The Morgan fingerprint density at radius 2 is 1.89 bits per heavy atom. The fourth-order valence-corrected chi connectivity index (χ4v) is 2.87. The van der Waals surface area contributed by atoms with Crippen LogP contribution < -0.4 is 10.6 Å². The van der Waals surface area contributed by atoms with Crippen molar-refractivity contribution in [3.8, 4) is 0 Å². The second-order valence-electron chi connectivity index (χ2n) is 5.18. The molecule has 0 bridgehead atoms. The quantitative estimate of drug-likeness (QED) is 0.815. The highest BCUT2D eigenvalue weighted by Gasteiger charge is 2.30. The van der Waals surface area contributed by atoms with Crippen molar-refractivity contribution < 1.29 is 4.79 Å². The van der Waals surface area contributed by atoms with Crippen LogP contribution in [0.2, 0.25) is 0 Å². The van der Waals surface area contributed by atoms with Crippen LogP contribution in [0.5, 0.6) is 0 Å². The molecule has 106 valence electrons. The summed E-state index contributed by atoms with van der Waals surface area (Å²) in [6.45, 7) is 6.85. The van der Waals surface area contributed by atoms with Crippen molar-refractivity contribution in [2.45, 2.75) is 45.6 Å². The summed E-state index contributed by atoms with van der Waals surface area (Å²) in [4.78, 5) is 14.2. The summed E-state index contributed by atoms with van der Waals surface area (Å²) in [5, 5.41) is 6.40. The van der Waals surface area contributed by atoms with Gasteiger partial charge in [-0.15, -0.1) is 0 Å². The summed E-state index contributed by atoms with van der Waals surface area (Å²) in [7, 11) is 0. The molecule has 2 saturated heterocycles. The van der Waals surface area contributed by atoms with Crippen molar-refractivity contribution in [3.05, 3.63) is 23.5 Å². The molecule has 19 heavy (non-hydrogen) atoms. The number of hydrogen-bond acceptors (Lipinski definition) is 3. The van der Waals surface area contributed by atoms with Gasteiger partial charge in [0.2, 0.25) is 5.91 Å². The van der Waals surface area contributed by atoms with Gasteiger partial charge in [0, 0.05) is 6.04 Å². The Bertz CT molecular complexity index is 381. The molecule has 0 aliphatic carbocycles. The van der Waals surface area contributed by atoms with Crippen molar-refractivity contribution >= 4 is 5.91 Å². The zero-order valence-electron chi connectivity index (χ0n) is 12.0. The second-order valence-corrected chi connectivity index (χ2v) is 5.18. The average molecular weight is 263 g/mol. The maximum Gasteiger partial charge on any atom is 0.243 e. The molecule has 0 aromatic carbocycles. The first-order chi connectivity index (χ1) is 9.26. The molecule has 0 spiro atoms. The number of allylic oxidation sites excluding steroid dienone is 2. The van der Waals surface area contributed by atoms with E-state index in [1.54, 1.807) is 0 Å². The molecule has 0 radical (unpaired) electrons. The highest BCUT2D eigenvalue weighted by molar-refractivity contribution is 5.83. The van der Waals surface area contributed by atoms with Crippen LogP contribution >= 0.6 is 0 Å². The largest absolute Gasteiger partial charge is 0.358 e. The Balaban J connectivity index is 2.24. The zero-order chi connectivity index (χ0) is 13.7. The van der Waals surface area contributed by atoms with E-state index in [4.69, 9.17) is 0 Å². The lowest BCUT2D eigenvalue weighted by Gasteiger charge is -2.41. The van der Waals surface area contributed by atoms with Crippen molar-refractivity contribution in [1.82, 2.24) is 15.5 Å². The maximum absolute atomic E-state index is 11.9. The molecule has 1 amide bonds. The second kappa shape index (κ2) is 6.75. The molecule has 0 aromatic rings. The number of amides is 1. The van der Waals surface area contributed by atoms with Gasteiger partial charge in [-0.3, -0.25) is 4.79 Å². The fourth-order valence-electron chi connectivity index (χ4n) is 2.87. The van der Waals surface area contributed by atoms with Crippen LogP contribution in [0.15, 0.2) is 23.5 Å². The van der Waals surface area contributed by atoms with Gasteiger partial charge < -0.3 is 15.5 Å². The molecular weight excluding hydrogens is 238 g/mol. The van der Waals surface area contributed by atoms with Crippen LogP contribution in [0.25, 0.3) is 0 Å². The average Bonchev–Trinajstić information content (AvgIpc) is 2.43. The van der Waals surface area contributed by atoms with E-state index in [0.717, 1.165) is 44.5 Å². The third-order valence-electron chi connectivity index (χ3n) is 3.73. The van der Waals surface area contributed by atoms with Gasteiger partial charge in [0.25, 0.3) is 0 Å². The van der Waals surface area contributed by atoms with Gasteiger partial charge in [0.05, 0.1) is 17.9 Å². The van der Waals surface area contributed by atoms with Crippen molar-refractivity contribution in [2.24, 2.45) is 0 Å². The normalized spacial score (nSPS) is 26.0. The molecule has 2 aliphatic rings. The minimum absolute atomic E-state index is 0.117. The van der Waals surface area contributed by atoms with Gasteiger partial charge in [0.15, 0.2) is 0 Å². The molecule has 4 heteroatoms. The van der Waals surface area contributed by atoms with Crippen molar-refractivity contribution in [1.29, 1.82) is 0 Å². The smallest absolute Gasteiger partial charge is 0.243 e. The minimum Gasteiger partial charge on any atom is -0.358 e. The molecule has 2 fully saturated rings. The Labute approximate surface area is 115 Å². The Kier molecular flexibility index (Phi) is 5.02. The van der Waals surface area contributed by atoms with Crippen LogP contribution in [-0.4, -0.2) is 36.5 Å². The molecular formula is C15H25N3O. The third-order valence-corrected chi connectivity index (χ3v) is 3.73. The number of rotatable bonds is 3. The lowest BCUT2D eigenvalue weighted by atomic mass is 10.0. The first-order valence-electron chi connectivity index (χ1n) is 7.44. The summed E-state index contributed by atoms with van der Waals surface area (Å²) in [6.07, 6.45) is 8.53. The van der Waals surface area contributed by atoms with Crippen LogP contribution in [-0.2, 0) is 4.79 Å². The summed E-state index contributed by atoms with van der Waals surface area (Å²) >= 11 is 0. The Hall–Kier alpha value is -1.29. The van der Waals surface area contributed by atoms with Gasteiger partial charge in [-0.1, -0.05) is 26.0 Å². The van der Waals surface area contributed by atoms with Gasteiger partial charge >= 0.3 is 0 Å². The SMILES string of the molecule is CC/C=C1/NC(=O)CN(C2CCNCC2)/C1=C/CC. The lowest BCUT2D eigenvalue weighted by molar-refractivity contribution is -0.122. The van der Waals surface area contributed by atoms with Gasteiger partial charge in [-0.05, 0) is 38.8 Å². The summed E-state index contributed by atoms with van der Waals surface area (Å²) in [5.41, 5.74) is 2.22. The molecule has 2 N–H and O–H groups in total. The van der Waals surface area contributed by atoms with Crippen molar-refractivity contribution in [3.63, 3.8) is 0 Å². The number of nitrogens with one attached hydrogen (secondary N) is 2. The third kappa shape index (κ3) is 3.38. The lowest BCUT2D eigenvalue weighted by Crippen LogP contribution is -2.51. The van der Waals surface area contributed by atoms with E-state index in [1.807, 2.05) is 0 Å². The molecule has 0 atom stereocenters. The van der Waals surface area contributed by atoms with E-state index >= 15 is 0 Å². The van der Waals surface area contributed by atoms with E-state index in [2.05, 4.69) is 41.5 Å². The number of piperidine rings is 1. The van der Waals surface area contributed by atoms with Gasteiger partial charge in [-0.2, -0.15) is 0 Å².